The van der Waals surface area contributed by atoms with Crippen molar-refractivity contribution >= 4 is 27.0 Å². The minimum Gasteiger partial charge on any atom is -0.496 e. The Hall–Kier alpha value is -2.60. The van der Waals surface area contributed by atoms with Crippen molar-refractivity contribution in [3.8, 4) is 5.75 Å². The maximum Gasteiger partial charge on any atom is 0.339 e. The van der Waals surface area contributed by atoms with Gasteiger partial charge in [-0.3, -0.25) is 0 Å². The number of carbonyl (C=O) groups excluding carboxylic acids is 1. The van der Waals surface area contributed by atoms with Crippen molar-refractivity contribution < 1.29 is 22.7 Å². The van der Waals surface area contributed by atoms with E-state index in [1.807, 2.05) is 25.1 Å². The second kappa shape index (κ2) is 6.61. The van der Waals surface area contributed by atoms with Crippen LogP contribution in [0, 0.1) is 13.8 Å². The van der Waals surface area contributed by atoms with Gasteiger partial charge in [0.25, 0.3) is 0 Å². The zero-order valence-electron chi connectivity index (χ0n) is 15.1. The Labute approximate surface area is 153 Å². The number of cyclic esters (lactones) is 1. The Kier molecular flexibility index (Phi) is 4.63. The lowest BCUT2D eigenvalue weighted by molar-refractivity contribution is -0.133. The van der Waals surface area contributed by atoms with E-state index in [1.54, 1.807) is 32.2 Å². The molecule has 0 fully saturated rings. The molecule has 26 heavy (non-hydrogen) atoms. The van der Waals surface area contributed by atoms with Gasteiger partial charge in [0.1, 0.15) is 12.4 Å². The number of benzene rings is 2. The van der Waals surface area contributed by atoms with Crippen LogP contribution in [0.15, 0.2) is 41.3 Å². The van der Waals surface area contributed by atoms with E-state index < -0.39 is 9.84 Å². The molecule has 1 heterocycles. The molecule has 136 valence electrons. The lowest BCUT2D eigenvalue weighted by Crippen LogP contribution is -2.01. The third-order valence-corrected chi connectivity index (χ3v) is 5.72. The molecule has 0 saturated heterocycles. The highest BCUT2D eigenvalue weighted by molar-refractivity contribution is 7.90. The lowest BCUT2D eigenvalue weighted by atomic mass is 9.95. The molecule has 2 aromatic rings. The summed E-state index contributed by atoms with van der Waals surface area (Å²) in [6, 6.07) is 10.6. The fourth-order valence-electron chi connectivity index (χ4n) is 3.21. The average Bonchev–Trinajstić information content (AvgIpc) is 2.95. The Morgan fingerprint density at radius 1 is 1.00 bits per heavy atom. The lowest BCUT2D eigenvalue weighted by Gasteiger charge is -2.10. The van der Waals surface area contributed by atoms with Crippen LogP contribution in [0.2, 0.25) is 0 Å². The van der Waals surface area contributed by atoms with Crippen LogP contribution in [0.5, 0.6) is 5.75 Å². The summed E-state index contributed by atoms with van der Waals surface area (Å²) in [7, 11) is -1.69. The minimum absolute atomic E-state index is 0.164. The molecule has 0 aromatic heterocycles. The first-order valence-corrected chi connectivity index (χ1v) is 9.98. The van der Waals surface area contributed by atoms with Crippen molar-refractivity contribution in [2.75, 3.05) is 20.0 Å². The van der Waals surface area contributed by atoms with Crippen molar-refractivity contribution in [3.05, 3.63) is 58.7 Å². The highest BCUT2D eigenvalue weighted by Gasteiger charge is 2.28. The standard InChI is InChI=1S/C20H20O5S/c1-12-9-15(5-7-17(12)24-3)19-16(11-25-20(19)21)14-6-8-18(13(2)10-14)26(4,22)23/h5-10H,11H2,1-4H3. The molecule has 2 aromatic carbocycles. The van der Waals surface area contributed by atoms with Crippen LogP contribution in [0.4, 0.5) is 0 Å². The Balaban J connectivity index is 2.14. The molecule has 0 aliphatic carbocycles. The molecule has 0 spiro atoms. The molecule has 0 amide bonds. The second-order valence-corrected chi connectivity index (χ2v) is 8.35. The van der Waals surface area contributed by atoms with E-state index in [9.17, 15) is 13.2 Å². The molecule has 1 aliphatic rings. The molecule has 0 N–H and O–H groups in total. The van der Waals surface area contributed by atoms with Gasteiger partial charge in [0.2, 0.25) is 0 Å². The van der Waals surface area contributed by atoms with E-state index >= 15 is 0 Å². The predicted octanol–water partition coefficient (Wildman–Crippen LogP) is 3.18. The molecular weight excluding hydrogens is 352 g/mol. The van der Waals surface area contributed by atoms with Gasteiger partial charge in [-0.25, -0.2) is 13.2 Å². The monoisotopic (exact) mass is 372 g/mol. The summed E-state index contributed by atoms with van der Waals surface area (Å²) in [6.45, 7) is 3.82. The highest BCUT2D eigenvalue weighted by Crippen LogP contribution is 2.35. The molecule has 0 saturated carbocycles. The van der Waals surface area contributed by atoms with E-state index in [0.29, 0.717) is 11.1 Å². The van der Waals surface area contributed by atoms with Crippen molar-refractivity contribution in [3.63, 3.8) is 0 Å². The Morgan fingerprint density at radius 2 is 1.65 bits per heavy atom. The van der Waals surface area contributed by atoms with Gasteiger partial charge in [-0.2, -0.15) is 0 Å². The van der Waals surface area contributed by atoms with Crippen LogP contribution in [0.25, 0.3) is 11.1 Å². The quantitative estimate of drug-likeness (QED) is 0.771. The molecule has 6 heteroatoms. The Morgan fingerprint density at radius 3 is 2.23 bits per heavy atom. The van der Waals surface area contributed by atoms with Crippen LogP contribution in [-0.2, 0) is 19.4 Å². The van der Waals surface area contributed by atoms with Gasteiger partial charge in [-0.15, -0.1) is 0 Å². The van der Waals surface area contributed by atoms with E-state index in [4.69, 9.17) is 9.47 Å². The zero-order valence-corrected chi connectivity index (χ0v) is 15.9. The molecule has 5 nitrogen and oxygen atoms in total. The summed E-state index contributed by atoms with van der Waals surface area (Å²) in [6.07, 6.45) is 1.18. The molecule has 3 rings (SSSR count). The van der Waals surface area contributed by atoms with Crippen molar-refractivity contribution in [2.24, 2.45) is 0 Å². The van der Waals surface area contributed by atoms with Gasteiger partial charge in [-0.1, -0.05) is 18.2 Å². The molecular formula is C20H20O5S. The number of rotatable bonds is 4. The van der Waals surface area contributed by atoms with Gasteiger partial charge >= 0.3 is 5.97 Å². The first-order chi connectivity index (χ1) is 12.2. The number of ether oxygens (including phenoxy) is 2. The van der Waals surface area contributed by atoms with Gasteiger partial charge < -0.3 is 9.47 Å². The predicted molar refractivity (Wildman–Crippen MR) is 99.8 cm³/mol. The first-order valence-electron chi connectivity index (χ1n) is 8.08. The van der Waals surface area contributed by atoms with Crippen LogP contribution < -0.4 is 4.74 Å². The van der Waals surface area contributed by atoms with Crippen LogP contribution in [0.1, 0.15) is 22.3 Å². The summed E-state index contributed by atoms with van der Waals surface area (Å²) < 4.78 is 34.2. The maximum absolute atomic E-state index is 12.3. The fourth-order valence-corrected chi connectivity index (χ4v) is 4.17. The largest absolute Gasteiger partial charge is 0.496 e. The van der Waals surface area contributed by atoms with E-state index in [2.05, 4.69) is 0 Å². The SMILES string of the molecule is COc1ccc(C2=C(c3ccc(S(C)(=O)=O)c(C)c3)COC2=O)cc1C. The summed E-state index contributed by atoms with van der Waals surface area (Å²) in [5.74, 6) is 0.366. The maximum atomic E-state index is 12.3. The third kappa shape index (κ3) is 3.24. The Bertz CT molecular complexity index is 1030. The van der Waals surface area contributed by atoms with E-state index in [-0.39, 0.29) is 17.5 Å². The molecule has 0 radical (unpaired) electrons. The average molecular weight is 372 g/mol. The zero-order chi connectivity index (χ0) is 19.1. The normalized spacial score (nSPS) is 14.5. The summed E-state index contributed by atoms with van der Waals surface area (Å²) in [4.78, 5) is 12.6. The summed E-state index contributed by atoms with van der Waals surface area (Å²) in [5, 5.41) is 0. The van der Waals surface area contributed by atoms with Crippen molar-refractivity contribution in [1.82, 2.24) is 0 Å². The van der Waals surface area contributed by atoms with Gasteiger partial charge in [-0.05, 0) is 54.3 Å². The van der Waals surface area contributed by atoms with Crippen LogP contribution >= 0.6 is 0 Å². The fraction of sp³-hybridized carbons (Fsp3) is 0.250. The first kappa shape index (κ1) is 18.2. The van der Waals surface area contributed by atoms with Gasteiger partial charge in [0, 0.05) is 11.8 Å². The highest BCUT2D eigenvalue weighted by atomic mass is 32.2. The number of carbonyl (C=O) groups is 1. The van der Waals surface area contributed by atoms with E-state index in [1.165, 1.54) is 6.26 Å². The topological polar surface area (TPSA) is 69.7 Å². The minimum atomic E-state index is -3.29. The third-order valence-electron chi connectivity index (χ3n) is 4.46. The van der Waals surface area contributed by atoms with Crippen molar-refractivity contribution in [1.29, 1.82) is 0 Å². The molecule has 0 atom stereocenters. The molecule has 0 bridgehead atoms. The van der Waals surface area contributed by atoms with E-state index in [0.717, 1.165) is 28.0 Å². The van der Waals surface area contributed by atoms with Crippen LogP contribution in [-0.4, -0.2) is 34.4 Å². The summed E-state index contributed by atoms with van der Waals surface area (Å²) in [5.41, 5.74) is 4.35. The number of esters is 1. The number of hydrogen-bond acceptors (Lipinski definition) is 5. The number of sulfone groups is 1. The van der Waals surface area contributed by atoms with Gasteiger partial charge in [0.05, 0.1) is 17.6 Å². The number of methoxy groups -OCH3 is 1. The summed E-state index contributed by atoms with van der Waals surface area (Å²) >= 11 is 0. The molecule has 0 unspecified atom stereocenters. The number of hydrogen-bond donors (Lipinski definition) is 0. The smallest absolute Gasteiger partial charge is 0.339 e. The van der Waals surface area contributed by atoms with Gasteiger partial charge in [0.15, 0.2) is 9.84 Å². The van der Waals surface area contributed by atoms with Crippen LogP contribution in [0.3, 0.4) is 0 Å². The molecule has 1 aliphatic heterocycles. The van der Waals surface area contributed by atoms with Crippen molar-refractivity contribution in [2.45, 2.75) is 18.7 Å². The second-order valence-electron chi connectivity index (χ2n) is 6.37. The number of aryl methyl sites for hydroxylation is 2.